The van der Waals surface area contributed by atoms with Gasteiger partial charge >= 0.3 is 17.9 Å². The van der Waals surface area contributed by atoms with Gasteiger partial charge in [0.15, 0.2) is 5.60 Å². The summed E-state index contributed by atoms with van der Waals surface area (Å²) in [7, 11) is 0. The van der Waals surface area contributed by atoms with Crippen LogP contribution < -0.4 is 0 Å². The molecule has 1 aliphatic heterocycles. The molecule has 1 aromatic rings. The van der Waals surface area contributed by atoms with Crippen LogP contribution in [-0.4, -0.2) is 59.1 Å². The molecule has 1 saturated heterocycles. The van der Waals surface area contributed by atoms with Crippen LogP contribution in [0.5, 0.6) is 0 Å². The standard InChI is InChI=1S/C33H40O8/c1-18-13-14-32(37)28(40-27(36)22-11-9-8-10-12-22)30(7)31(19(2)26(39-20(3)34)25(18)29(32,5)6)16-23(31)15-24-33(30,17-38-24)41-21(4)35/h8-12,23-24,26,28,37H,2,13-17H2,1,3-7H3/t23-,24-,26+,28+,30+,31-,32-,33+/m1/s1. The lowest BCUT2D eigenvalue weighted by molar-refractivity contribution is -0.356. The Labute approximate surface area is 241 Å². The van der Waals surface area contributed by atoms with Gasteiger partial charge in [0.1, 0.15) is 23.9 Å². The molecule has 4 fully saturated rings. The van der Waals surface area contributed by atoms with Crippen molar-refractivity contribution in [3.8, 4) is 0 Å². The number of rotatable bonds is 4. The molecule has 5 aliphatic rings. The molecule has 2 bridgehead atoms. The van der Waals surface area contributed by atoms with Crippen molar-refractivity contribution in [2.75, 3.05) is 6.61 Å². The second-order valence-corrected chi connectivity index (χ2v) is 13.5. The zero-order chi connectivity index (χ0) is 29.8. The summed E-state index contributed by atoms with van der Waals surface area (Å²) in [5.41, 5.74) is -2.83. The molecule has 0 unspecified atom stereocenters. The number of carbonyl (C=O) groups excluding carboxylic acids is 3. The summed E-state index contributed by atoms with van der Waals surface area (Å²) in [6.07, 6.45) is -0.227. The summed E-state index contributed by atoms with van der Waals surface area (Å²) in [4.78, 5) is 39.2. The van der Waals surface area contributed by atoms with Gasteiger partial charge in [0, 0.05) is 24.7 Å². The molecule has 1 heterocycles. The number of hydrogen-bond donors (Lipinski definition) is 1. The molecule has 0 radical (unpaired) electrons. The maximum absolute atomic E-state index is 13.9. The van der Waals surface area contributed by atoms with Gasteiger partial charge in [-0.05, 0) is 61.8 Å². The Balaban J connectivity index is 1.65. The van der Waals surface area contributed by atoms with Gasteiger partial charge in [0.25, 0.3) is 0 Å². The molecule has 6 rings (SSSR count). The number of fused-ring (bicyclic) bond motifs is 4. The number of allylic oxidation sites excluding steroid dienone is 1. The van der Waals surface area contributed by atoms with Gasteiger partial charge in [0.05, 0.1) is 17.6 Å². The summed E-state index contributed by atoms with van der Waals surface area (Å²) >= 11 is 0. The molecular formula is C33H40O8. The van der Waals surface area contributed by atoms with E-state index in [1.54, 1.807) is 24.3 Å². The molecule has 4 aliphatic carbocycles. The van der Waals surface area contributed by atoms with Gasteiger partial charge in [-0.2, -0.15) is 0 Å². The van der Waals surface area contributed by atoms with Crippen LogP contribution >= 0.6 is 0 Å². The lowest BCUT2D eigenvalue weighted by Crippen LogP contribution is -2.81. The van der Waals surface area contributed by atoms with E-state index >= 15 is 0 Å². The summed E-state index contributed by atoms with van der Waals surface area (Å²) in [6.45, 7) is 15.3. The largest absolute Gasteiger partial charge is 0.455 e. The Morgan fingerprint density at radius 2 is 1.73 bits per heavy atom. The maximum Gasteiger partial charge on any atom is 0.338 e. The molecule has 8 nitrogen and oxygen atoms in total. The Morgan fingerprint density at radius 1 is 1.05 bits per heavy atom. The van der Waals surface area contributed by atoms with Gasteiger partial charge in [-0.25, -0.2) is 4.79 Å². The van der Waals surface area contributed by atoms with Gasteiger partial charge < -0.3 is 24.1 Å². The lowest BCUT2D eigenvalue weighted by Gasteiger charge is -2.69. The van der Waals surface area contributed by atoms with Gasteiger partial charge in [-0.1, -0.05) is 51.1 Å². The topological polar surface area (TPSA) is 108 Å². The molecular weight excluding hydrogens is 524 g/mol. The number of benzene rings is 1. The number of carbonyl (C=O) groups is 3. The van der Waals surface area contributed by atoms with Crippen LogP contribution in [0.25, 0.3) is 0 Å². The molecule has 1 N–H and O–H groups in total. The van der Waals surface area contributed by atoms with Crippen molar-refractivity contribution in [2.24, 2.45) is 22.2 Å². The Bertz CT molecular complexity index is 1380. The lowest BCUT2D eigenvalue weighted by atomic mass is 9.42. The highest BCUT2D eigenvalue weighted by atomic mass is 16.6. The molecule has 1 aromatic carbocycles. The number of aliphatic hydroxyl groups is 1. The zero-order valence-electron chi connectivity index (χ0n) is 24.7. The van der Waals surface area contributed by atoms with Crippen LogP contribution in [0, 0.1) is 22.2 Å². The Hall–Kier alpha value is -2.97. The molecule has 41 heavy (non-hydrogen) atoms. The van der Waals surface area contributed by atoms with E-state index in [-0.39, 0.29) is 12.5 Å². The fraction of sp³-hybridized carbons (Fsp3) is 0.606. The minimum absolute atomic E-state index is 0.0522. The maximum atomic E-state index is 13.9. The smallest absolute Gasteiger partial charge is 0.338 e. The van der Waals surface area contributed by atoms with Crippen LogP contribution in [0.15, 0.2) is 53.6 Å². The van der Waals surface area contributed by atoms with E-state index in [0.717, 1.165) is 11.1 Å². The minimum atomic E-state index is -1.61. The van der Waals surface area contributed by atoms with Crippen LogP contribution in [0.2, 0.25) is 0 Å². The van der Waals surface area contributed by atoms with Crippen molar-refractivity contribution in [1.29, 1.82) is 0 Å². The van der Waals surface area contributed by atoms with Crippen molar-refractivity contribution >= 4 is 17.9 Å². The van der Waals surface area contributed by atoms with Crippen molar-refractivity contribution in [3.05, 3.63) is 59.2 Å². The number of hydrogen-bond acceptors (Lipinski definition) is 8. The summed E-state index contributed by atoms with van der Waals surface area (Å²) in [5, 5.41) is 13.1. The fourth-order valence-corrected chi connectivity index (χ4v) is 9.37. The number of ether oxygens (including phenoxy) is 4. The van der Waals surface area contributed by atoms with E-state index in [1.165, 1.54) is 13.8 Å². The average molecular weight is 565 g/mol. The first-order chi connectivity index (χ1) is 19.2. The van der Waals surface area contributed by atoms with Crippen molar-refractivity contribution in [3.63, 3.8) is 0 Å². The molecule has 8 heteroatoms. The van der Waals surface area contributed by atoms with Gasteiger partial charge in [-0.3, -0.25) is 9.59 Å². The Morgan fingerprint density at radius 3 is 2.32 bits per heavy atom. The Kier molecular flexibility index (Phi) is 6.03. The van der Waals surface area contributed by atoms with E-state index in [2.05, 4.69) is 6.58 Å². The molecule has 3 saturated carbocycles. The van der Waals surface area contributed by atoms with Crippen LogP contribution in [0.1, 0.15) is 77.6 Å². The molecule has 0 aromatic heterocycles. The summed E-state index contributed by atoms with van der Waals surface area (Å²) < 4.78 is 25.0. The van der Waals surface area contributed by atoms with Gasteiger partial charge in [-0.15, -0.1) is 0 Å². The fourth-order valence-electron chi connectivity index (χ4n) is 9.37. The molecule has 8 atom stereocenters. The molecule has 1 spiro atoms. The van der Waals surface area contributed by atoms with Gasteiger partial charge in [0.2, 0.25) is 0 Å². The first-order valence-electron chi connectivity index (χ1n) is 14.5. The predicted octanol–water partition coefficient (Wildman–Crippen LogP) is 4.70. The first kappa shape index (κ1) is 28.2. The highest BCUT2D eigenvalue weighted by molar-refractivity contribution is 5.89. The quantitative estimate of drug-likeness (QED) is 0.319. The van der Waals surface area contributed by atoms with Crippen molar-refractivity contribution in [2.45, 2.75) is 96.7 Å². The third-order valence-corrected chi connectivity index (χ3v) is 11.5. The molecule has 220 valence electrons. The van der Waals surface area contributed by atoms with E-state index in [9.17, 15) is 19.5 Å². The third kappa shape index (κ3) is 3.38. The van der Waals surface area contributed by atoms with Crippen molar-refractivity contribution < 1.29 is 38.4 Å². The third-order valence-electron chi connectivity index (χ3n) is 11.5. The van der Waals surface area contributed by atoms with Crippen molar-refractivity contribution in [1.82, 2.24) is 0 Å². The second-order valence-electron chi connectivity index (χ2n) is 13.5. The monoisotopic (exact) mass is 564 g/mol. The van der Waals surface area contributed by atoms with E-state index in [1.807, 2.05) is 33.8 Å². The van der Waals surface area contributed by atoms with Crippen LogP contribution in [0.4, 0.5) is 0 Å². The predicted molar refractivity (Wildman–Crippen MR) is 149 cm³/mol. The minimum Gasteiger partial charge on any atom is -0.455 e. The highest BCUT2D eigenvalue weighted by Crippen LogP contribution is 2.82. The summed E-state index contributed by atoms with van der Waals surface area (Å²) in [6, 6.07) is 8.72. The van der Waals surface area contributed by atoms with Crippen LogP contribution in [-0.2, 0) is 28.5 Å². The SMILES string of the molecule is C=C1[C@H](OC(C)=O)C2=C(C)CC[C@@](O)([C@@H](OC(=O)c3ccccc3)[C@]3(C)[C@]4(OC(C)=O)CO[C@@H]4C[C@@H]4C[C@@]143)C2(C)C. The van der Waals surface area contributed by atoms with E-state index in [0.29, 0.717) is 36.8 Å². The average Bonchev–Trinajstić information content (AvgIpc) is 3.64. The highest BCUT2D eigenvalue weighted by Gasteiger charge is 2.87. The van der Waals surface area contributed by atoms with Crippen LogP contribution in [0.3, 0.4) is 0 Å². The van der Waals surface area contributed by atoms with E-state index in [4.69, 9.17) is 18.9 Å². The normalized spacial score (nSPS) is 41.8. The first-order valence-corrected chi connectivity index (χ1v) is 14.5. The number of esters is 3. The second kappa shape index (κ2) is 8.77. The van der Waals surface area contributed by atoms with E-state index < -0.39 is 63.7 Å². The molecule has 0 amide bonds. The summed E-state index contributed by atoms with van der Waals surface area (Å²) in [5.74, 6) is -1.43. The zero-order valence-corrected chi connectivity index (χ0v) is 24.7.